The van der Waals surface area contributed by atoms with Gasteiger partial charge in [0.15, 0.2) is 0 Å². The minimum atomic E-state index is -2.26. The predicted molar refractivity (Wildman–Crippen MR) is 237 cm³/mol. The predicted octanol–water partition coefficient (Wildman–Crippen LogP) is 12.4. The summed E-state index contributed by atoms with van der Waals surface area (Å²) in [6.45, 7) is 25.2. The molecule has 1 aromatic heterocycles. The average molecular weight is 728 g/mol. The minimum Gasteiger partial charge on any atom is -0.468 e. The van der Waals surface area contributed by atoms with Crippen molar-refractivity contribution in [3.05, 3.63) is 124 Å². The van der Waals surface area contributed by atoms with Gasteiger partial charge in [-0.1, -0.05) is 111 Å². The van der Waals surface area contributed by atoms with Gasteiger partial charge in [-0.15, -0.1) is 0 Å². The number of hydrogen-bond donors (Lipinski definition) is 0. The molecule has 6 aromatic rings. The maximum atomic E-state index is 8.40. The number of nitrogens with zero attached hydrogens (tertiary/aromatic N) is 2. The van der Waals surface area contributed by atoms with Crippen LogP contribution in [0.4, 0.5) is 34.1 Å². The summed E-state index contributed by atoms with van der Waals surface area (Å²) in [4.78, 5) is 4.89. The number of rotatable bonds is 2. The van der Waals surface area contributed by atoms with E-state index < -0.39 is 6.85 Å². The van der Waals surface area contributed by atoms with Crippen molar-refractivity contribution in [2.75, 3.05) is 9.80 Å². The summed E-state index contributed by atoms with van der Waals surface area (Å²) in [6.07, 6.45) is 2.23. The maximum absolute atomic E-state index is 8.40. The second-order valence-electron chi connectivity index (χ2n) is 20.1. The van der Waals surface area contributed by atoms with E-state index in [9.17, 15) is 0 Å². The van der Waals surface area contributed by atoms with Crippen molar-refractivity contribution in [1.82, 2.24) is 0 Å². The van der Waals surface area contributed by atoms with E-state index >= 15 is 0 Å². The highest BCUT2D eigenvalue weighted by molar-refractivity contribution is 7.00. The van der Waals surface area contributed by atoms with Crippen LogP contribution in [0.3, 0.4) is 0 Å². The van der Waals surface area contributed by atoms with E-state index in [2.05, 4.69) is 160 Å². The van der Waals surface area contributed by atoms with E-state index in [-0.39, 0.29) is 28.4 Å². The van der Waals surface area contributed by atoms with Crippen molar-refractivity contribution in [3.63, 3.8) is 0 Å². The highest BCUT2D eigenvalue weighted by Gasteiger charge is 2.49. The quantitative estimate of drug-likeness (QED) is 0.165. The molecule has 9 rings (SSSR count). The largest absolute Gasteiger partial charge is 0.468 e. The number of benzene rings is 5. The summed E-state index contributed by atoms with van der Waals surface area (Å²) in [5.74, 6) is 0. The van der Waals surface area contributed by atoms with Gasteiger partial charge in [0, 0.05) is 37.9 Å². The Balaban J connectivity index is 1.42. The molecule has 3 heterocycles. The topological polar surface area (TPSA) is 19.6 Å². The maximum Gasteiger partial charge on any atom is 0.297 e. The van der Waals surface area contributed by atoms with E-state index in [0.29, 0.717) is 11.1 Å². The number of anilines is 6. The van der Waals surface area contributed by atoms with Crippen LogP contribution in [0.25, 0.3) is 11.0 Å². The molecule has 3 aliphatic rings. The summed E-state index contributed by atoms with van der Waals surface area (Å²) in [5, 5.41) is 0.814. The first-order valence-corrected chi connectivity index (χ1v) is 20.2. The molecule has 0 bridgehead atoms. The van der Waals surface area contributed by atoms with Crippen molar-refractivity contribution < 1.29 is 8.53 Å². The van der Waals surface area contributed by atoms with Gasteiger partial charge >= 0.3 is 0 Å². The Labute approximate surface area is 334 Å². The second-order valence-corrected chi connectivity index (χ2v) is 20.1. The first-order valence-electron chi connectivity index (χ1n) is 21.7. The zero-order valence-corrected chi connectivity index (χ0v) is 34.9. The molecule has 5 aromatic carbocycles. The summed E-state index contributed by atoms with van der Waals surface area (Å²) < 4.78 is 32.3. The van der Waals surface area contributed by atoms with E-state index in [1.54, 1.807) is 6.07 Å². The average Bonchev–Trinajstić information content (AvgIpc) is 3.50. The molecule has 0 saturated carbocycles. The van der Waals surface area contributed by atoms with Gasteiger partial charge in [0.05, 0.1) is 11.3 Å². The molecule has 3 nitrogen and oxygen atoms in total. The summed E-state index contributed by atoms with van der Waals surface area (Å²) in [7, 11) is 0. The monoisotopic (exact) mass is 727 g/mol. The van der Waals surface area contributed by atoms with Crippen LogP contribution in [0.5, 0.6) is 0 Å². The molecule has 0 atom stereocenters. The molecule has 55 heavy (non-hydrogen) atoms. The Bertz CT molecular complexity index is 2670. The molecule has 0 fully saturated rings. The van der Waals surface area contributed by atoms with Crippen molar-refractivity contribution in [3.8, 4) is 0 Å². The third-order valence-corrected chi connectivity index (χ3v) is 13.1. The Morgan fingerprint density at radius 3 is 1.87 bits per heavy atom. The number of aryl methyl sites for hydroxylation is 3. The standard InChI is InChI=1S/C51H57BN2O/c1-30-14-21-44-36(24-30)46-47(55-44)52-39-28-37-38(51(12,13)23-22-50(37,10)11)29-41(39)54(40-20-17-34(27-32(40)3)49(7,8)9)43-26-31(2)25-42(45(43)52)53(46)35-18-15-33(16-19-35)48(4,5)6/h14-21,24-29H,22-23H2,1-13H3/i1D3. The van der Waals surface area contributed by atoms with Crippen molar-refractivity contribution >= 4 is 68.4 Å². The molecule has 0 saturated heterocycles. The zero-order valence-electron chi connectivity index (χ0n) is 37.9. The fourth-order valence-electron chi connectivity index (χ4n) is 9.69. The van der Waals surface area contributed by atoms with Crippen molar-refractivity contribution in [2.45, 2.75) is 124 Å². The van der Waals surface area contributed by atoms with Crippen LogP contribution in [0.2, 0.25) is 0 Å². The van der Waals surface area contributed by atoms with Crippen LogP contribution in [0.1, 0.15) is 125 Å². The van der Waals surface area contributed by atoms with Crippen LogP contribution < -0.4 is 26.4 Å². The van der Waals surface area contributed by atoms with Crippen molar-refractivity contribution in [2.24, 2.45) is 0 Å². The molecule has 0 radical (unpaired) electrons. The van der Waals surface area contributed by atoms with Crippen LogP contribution >= 0.6 is 0 Å². The van der Waals surface area contributed by atoms with Gasteiger partial charge in [-0.3, -0.25) is 0 Å². The van der Waals surface area contributed by atoms with E-state index in [1.807, 2.05) is 12.1 Å². The highest BCUT2D eigenvalue weighted by atomic mass is 16.3. The van der Waals surface area contributed by atoms with Crippen LogP contribution in [0.15, 0.2) is 89.3 Å². The Morgan fingerprint density at radius 2 is 1.25 bits per heavy atom. The smallest absolute Gasteiger partial charge is 0.297 e. The minimum absolute atomic E-state index is 0.00745. The Morgan fingerprint density at radius 1 is 0.636 bits per heavy atom. The molecular weight excluding hydrogens is 667 g/mol. The molecule has 0 spiro atoms. The lowest BCUT2D eigenvalue weighted by Crippen LogP contribution is -2.61. The van der Waals surface area contributed by atoms with Crippen LogP contribution in [-0.4, -0.2) is 6.71 Å². The molecule has 1 aliphatic carbocycles. The highest BCUT2D eigenvalue weighted by Crippen LogP contribution is 2.52. The fraction of sp³-hybridized carbons (Fsp3) is 0.373. The molecule has 0 amide bonds. The fourth-order valence-corrected chi connectivity index (χ4v) is 9.69. The lowest BCUT2D eigenvalue weighted by molar-refractivity contribution is 0.332. The molecule has 280 valence electrons. The Hall–Kier alpha value is -4.70. The lowest BCUT2D eigenvalue weighted by Gasteiger charge is -2.47. The van der Waals surface area contributed by atoms with Crippen molar-refractivity contribution in [1.29, 1.82) is 0 Å². The molecule has 4 heteroatoms. The van der Waals surface area contributed by atoms with Crippen LogP contribution in [0, 0.1) is 20.7 Å². The van der Waals surface area contributed by atoms with Gasteiger partial charge in [-0.2, -0.15) is 0 Å². The number of hydrogen-bond acceptors (Lipinski definition) is 3. The third kappa shape index (κ3) is 5.45. The number of furan rings is 1. The summed E-state index contributed by atoms with van der Waals surface area (Å²) in [5.41, 5.74) is 18.6. The van der Waals surface area contributed by atoms with Gasteiger partial charge < -0.3 is 14.2 Å². The van der Waals surface area contributed by atoms with Gasteiger partial charge in [-0.25, -0.2) is 0 Å². The zero-order chi connectivity index (χ0) is 41.6. The first-order chi connectivity index (χ1) is 27.0. The molecular formula is C51H57BN2O. The van der Waals surface area contributed by atoms with Gasteiger partial charge in [-0.05, 0) is 148 Å². The Kier molecular flexibility index (Phi) is 6.90. The molecule has 0 N–H and O–H groups in total. The van der Waals surface area contributed by atoms with Crippen LogP contribution in [-0.2, 0) is 21.7 Å². The van der Waals surface area contributed by atoms with E-state index in [4.69, 9.17) is 8.53 Å². The van der Waals surface area contributed by atoms with Gasteiger partial charge in [0.1, 0.15) is 5.58 Å². The third-order valence-electron chi connectivity index (χ3n) is 13.1. The first kappa shape index (κ1) is 32.5. The molecule has 2 aliphatic heterocycles. The van der Waals surface area contributed by atoms with Gasteiger partial charge in [0.2, 0.25) is 0 Å². The van der Waals surface area contributed by atoms with Gasteiger partial charge in [0.25, 0.3) is 6.71 Å². The lowest BCUT2D eigenvalue weighted by atomic mass is 9.35. The summed E-state index contributed by atoms with van der Waals surface area (Å²) in [6, 6.07) is 31.1. The summed E-state index contributed by atoms with van der Waals surface area (Å²) >= 11 is 0. The second kappa shape index (κ2) is 11.7. The van der Waals surface area contributed by atoms with E-state index in [1.165, 1.54) is 50.1 Å². The SMILES string of the molecule is [2H]C([2H])([2H])c1ccc2oc3c(c2c1)N(c1ccc(C(C)(C)C)cc1)c1cc(C)cc2c1B3c1cc3c(cc1N2c1ccc(C(C)(C)C)cc1C)C(C)(C)CCC3(C)C. The van der Waals surface area contributed by atoms with E-state index in [0.717, 1.165) is 52.2 Å². The molecule has 0 unspecified atom stereocenters. The number of fused-ring (bicyclic) bond motifs is 7. The normalized spacial score (nSPS) is 17.9.